The molecule has 3 atom stereocenters. The summed E-state index contributed by atoms with van der Waals surface area (Å²) in [5.41, 5.74) is 9.07. The van der Waals surface area contributed by atoms with Gasteiger partial charge < -0.3 is 16.4 Å². The summed E-state index contributed by atoms with van der Waals surface area (Å²) in [7, 11) is 0. The third kappa shape index (κ3) is 5.42. The van der Waals surface area contributed by atoms with Crippen LogP contribution in [0.15, 0.2) is 33.3 Å². The molecule has 0 aromatic carbocycles. The Morgan fingerprint density at radius 3 is 2.90 bits per heavy atom. The van der Waals surface area contributed by atoms with E-state index in [-0.39, 0.29) is 24.2 Å². The van der Waals surface area contributed by atoms with Gasteiger partial charge in [0, 0.05) is 13.1 Å². The average molecular weight is 428 g/mol. The van der Waals surface area contributed by atoms with Crippen molar-refractivity contribution in [1.82, 2.24) is 20.4 Å². The molecular formula is C23H37N7O. The fraction of sp³-hybridized carbons (Fsp3) is 0.696. The third-order valence-electron chi connectivity index (χ3n) is 6.52. The number of hydrogen-bond donors (Lipinski definition) is 3. The number of allylic oxidation sites excluding steroid dienone is 1. The summed E-state index contributed by atoms with van der Waals surface area (Å²) in [5, 5.41) is 6.43. The smallest absolute Gasteiger partial charge is 0.234 e. The first-order chi connectivity index (χ1) is 15.0. The van der Waals surface area contributed by atoms with Crippen molar-refractivity contribution in [1.29, 1.82) is 0 Å². The van der Waals surface area contributed by atoms with E-state index in [0.717, 1.165) is 38.2 Å². The predicted octanol–water partition coefficient (Wildman–Crippen LogP) is 1.01. The Labute approximate surface area is 185 Å². The molecule has 0 radical (unpaired) electrons. The number of nitrogens with zero attached hydrogens (tertiary/aromatic N) is 4. The first-order valence-corrected chi connectivity index (χ1v) is 11.8. The number of rotatable bonds is 8. The van der Waals surface area contributed by atoms with Crippen molar-refractivity contribution >= 4 is 17.6 Å². The fourth-order valence-corrected chi connectivity index (χ4v) is 4.88. The first-order valence-electron chi connectivity index (χ1n) is 11.8. The lowest BCUT2D eigenvalue weighted by Crippen LogP contribution is -2.66. The summed E-state index contributed by atoms with van der Waals surface area (Å²) in [6.45, 7) is 9.65. The minimum atomic E-state index is -0.361. The van der Waals surface area contributed by atoms with E-state index in [4.69, 9.17) is 10.7 Å². The van der Waals surface area contributed by atoms with Crippen LogP contribution in [0.4, 0.5) is 0 Å². The number of piperazine rings is 1. The zero-order chi connectivity index (χ0) is 21.8. The Kier molecular flexibility index (Phi) is 7.20. The van der Waals surface area contributed by atoms with Crippen LogP contribution in [0.1, 0.15) is 46.0 Å². The highest BCUT2D eigenvalue weighted by Crippen LogP contribution is 2.24. The molecule has 2 saturated heterocycles. The Morgan fingerprint density at radius 1 is 1.32 bits per heavy atom. The van der Waals surface area contributed by atoms with E-state index in [1.807, 2.05) is 0 Å². The van der Waals surface area contributed by atoms with Gasteiger partial charge in [-0.1, -0.05) is 24.6 Å². The topological polar surface area (TPSA) is 98.4 Å². The van der Waals surface area contributed by atoms with Crippen LogP contribution in [0, 0.1) is 0 Å². The molecule has 0 spiro atoms. The van der Waals surface area contributed by atoms with E-state index >= 15 is 0 Å². The second-order valence-electron chi connectivity index (χ2n) is 9.17. The predicted molar refractivity (Wildman–Crippen MR) is 125 cm³/mol. The van der Waals surface area contributed by atoms with Gasteiger partial charge in [-0.2, -0.15) is 0 Å². The average Bonchev–Trinajstić information content (AvgIpc) is 3.26. The highest BCUT2D eigenvalue weighted by Gasteiger charge is 2.40. The number of hydrogen-bond acceptors (Lipinski definition) is 7. The molecule has 1 aliphatic carbocycles. The van der Waals surface area contributed by atoms with Crippen LogP contribution < -0.4 is 16.4 Å². The number of fused-ring (bicyclic) bond motifs is 1. The molecule has 3 heterocycles. The zero-order valence-corrected chi connectivity index (χ0v) is 18.9. The quantitative estimate of drug-likeness (QED) is 0.537. The maximum absolute atomic E-state index is 12.4. The molecular weight excluding hydrogens is 390 g/mol. The van der Waals surface area contributed by atoms with Crippen LogP contribution in [0.3, 0.4) is 0 Å². The molecule has 0 aromatic rings. The molecule has 4 rings (SSSR count). The molecule has 1 amide bonds. The lowest BCUT2D eigenvalue weighted by Gasteiger charge is -2.41. The second-order valence-corrected chi connectivity index (χ2v) is 9.17. The van der Waals surface area contributed by atoms with E-state index < -0.39 is 0 Å². The summed E-state index contributed by atoms with van der Waals surface area (Å²) in [5.74, 6) is 1.14. The third-order valence-corrected chi connectivity index (χ3v) is 6.52. The van der Waals surface area contributed by atoms with Gasteiger partial charge in [0.2, 0.25) is 5.91 Å². The number of nitrogens with two attached hydrogens (primary N) is 1. The highest BCUT2D eigenvalue weighted by atomic mass is 16.2. The van der Waals surface area contributed by atoms with Gasteiger partial charge in [0.1, 0.15) is 23.9 Å². The number of aliphatic imine (C=N–C) groups is 2. The van der Waals surface area contributed by atoms with Crippen molar-refractivity contribution in [3.63, 3.8) is 0 Å². The van der Waals surface area contributed by atoms with Crippen LogP contribution in [0.25, 0.3) is 0 Å². The van der Waals surface area contributed by atoms with Crippen LogP contribution in [0.5, 0.6) is 0 Å². The summed E-state index contributed by atoms with van der Waals surface area (Å²) in [6.07, 6.45) is 10.3. The molecule has 31 heavy (non-hydrogen) atoms. The monoisotopic (exact) mass is 427 g/mol. The van der Waals surface area contributed by atoms with Crippen LogP contribution in [-0.4, -0.2) is 84.9 Å². The molecule has 0 bridgehead atoms. The molecule has 3 aliphatic heterocycles. The maximum atomic E-state index is 12.4. The van der Waals surface area contributed by atoms with Gasteiger partial charge in [0.05, 0.1) is 12.6 Å². The van der Waals surface area contributed by atoms with Gasteiger partial charge in [0.25, 0.3) is 0 Å². The number of likely N-dealkylation sites (tertiary alicyclic amines) is 1. The van der Waals surface area contributed by atoms with Crippen molar-refractivity contribution in [2.24, 2.45) is 15.7 Å². The fourth-order valence-electron chi connectivity index (χ4n) is 4.88. The molecule has 4 aliphatic rings. The molecule has 8 nitrogen and oxygen atoms in total. The Balaban J connectivity index is 1.48. The van der Waals surface area contributed by atoms with Crippen molar-refractivity contribution in [3.05, 3.63) is 23.3 Å². The lowest BCUT2D eigenvalue weighted by molar-refractivity contribution is -0.126. The van der Waals surface area contributed by atoms with Crippen LogP contribution >= 0.6 is 0 Å². The number of carbonyl (C=O) groups excluding carboxylic acids is 1. The first kappa shape index (κ1) is 22.2. The number of amidine groups is 2. The van der Waals surface area contributed by atoms with Crippen LogP contribution in [-0.2, 0) is 4.79 Å². The Hall–Kier alpha value is -2.03. The summed E-state index contributed by atoms with van der Waals surface area (Å²) in [6, 6.07) is -0.333. The summed E-state index contributed by atoms with van der Waals surface area (Å²) in [4.78, 5) is 26.6. The molecule has 3 unspecified atom stereocenters. The van der Waals surface area contributed by atoms with Crippen molar-refractivity contribution in [2.75, 3.05) is 39.3 Å². The molecule has 8 heteroatoms. The highest BCUT2D eigenvalue weighted by molar-refractivity contribution is 6.04. The number of nitrogens with one attached hydrogen (secondary N) is 2. The van der Waals surface area contributed by atoms with Gasteiger partial charge in [-0.15, -0.1) is 0 Å². The van der Waals surface area contributed by atoms with E-state index in [2.05, 4.69) is 51.4 Å². The summed E-state index contributed by atoms with van der Waals surface area (Å²) < 4.78 is 0. The Bertz CT molecular complexity index is 794. The lowest BCUT2D eigenvalue weighted by atomic mass is 9.97. The standard InChI is InChI=1S/C23H37N7O/c1-3-9-25-16(2)22-27-21(24)20-23(28-22)30(15-19(31)26-20)14-18-8-6-7-17(12-18)13-29-10-4-5-11-29/h8,12,16,20,23,25H,3-7,9-11,13-15H2,1-2H3,(H,26,31)(H2,24,27,28). The number of carbonyl (C=O) groups is 1. The van der Waals surface area contributed by atoms with Gasteiger partial charge in [0.15, 0.2) is 0 Å². The van der Waals surface area contributed by atoms with Gasteiger partial charge in [-0.05, 0) is 64.2 Å². The van der Waals surface area contributed by atoms with Gasteiger partial charge >= 0.3 is 0 Å². The summed E-state index contributed by atoms with van der Waals surface area (Å²) >= 11 is 0. The molecule has 0 saturated carbocycles. The minimum absolute atomic E-state index is 0.0205. The van der Waals surface area contributed by atoms with E-state index in [0.29, 0.717) is 18.9 Å². The molecule has 170 valence electrons. The van der Waals surface area contributed by atoms with Gasteiger partial charge in [-0.3, -0.25) is 14.6 Å². The van der Waals surface area contributed by atoms with E-state index in [1.54, 1.807) is 0 Å². The molecule has 2 fully saturated rings. The van der Waals surface area contributed by atoms with Crippen molar-refractivity contribution in [2.45, 2.75) is 64.2 Å². The maximum Gasteiger partial charge on any atom is 0.234 e. The van der Waals surface area contributed by atoms with E-state index in [9.17, 15) is 4.79 Å². The van der Waals surface area contributed by atoms with Crippen molar-refractivity contribution < 1.29 is 4.79 Å². The van der Waals surface area contributed by atoms with Crippen LogP contribution in [0.2, 0.25) is 0 Å². The molecule has 4 N–H and O–H groups in total. The van der Waals surface area contributed by atoms with Crippen molar-refractivity contribution in [3.8, 4) is 0 Å². The largest absolute Gasteiger partial charge is 0.385 e. The number of amides is 1. The minimum Gasteiger partial charge on any atom is -0.385 e. The second kappa shape index (κ2) is 10.1. The zero-order valence-electron chi connectivity index (χ0n) is 18.9. The SMILES string of the molecule is CCCNC(C)C1=NC2C(NC(=O)CN2CC2=CCCC(CN3CCCC3)=C2)C(N)=N1. The normalized spacial score (nSPS) is 28.3. The Morgan fingerprint density at radius 2 is 2.13 bits per heavy atom. The van der Waals surface area contributed by atoms with E-state index in [1.165, 1.54) is 37.1 Å². The molecule has 0 aromatic heterocycles. The van der Waals surface area contributed by atoms with Gasteiger partial charge in [-0.25, -0.2) is 9.98 Å².